The second kappa shape index (κ2) is 8.29. The zero-order valence-corrected chi connectivity index (χ0v) is 18.5. The van der Waals surface area contributed by atoms with E-state index in [0.29, 0.717) is 23.3 Å². The third kappa shape index (κ3) is 3.66. The Bertz CT molecular complexity index is 1210. The van der Waals surface area contributed by atoms with Gasteiger partial charge in [0.15, 0.2) is 5.13 Å². The van der Waals surface area contributed by atoms with Gasteiger partial charge in [0, 0.05) is 53.6 Å². The van der Waals surface area contributed by atoms with Crippen LogP contribution in [0.3, 0.4) is 0 Å². The van der Waals surface area contributed by atoms with Crippen LogP contribution in [0, 0.1) is 0 Å². The summed E-state index contributed by atoms with van der Waals surface area (Å²) in [5.41, 5.74) is 0.746. The number of carbonyl (C=O) groups is 1. The lowest BCUT2D eigenvalue weighted by Gasteiger charge is -2.22. The summed E-state index contributed by atoms with van der Waals surface area (Å²) in [7, 11) is 0. The molecule has 0 radical (unpaired) electrons. The van der Waals surface area contributed by atoms with Crippen LogP contribution in [0.15, 0.2) is 45.6 Å². The van der Waals surface area contributed by atoms with E-state index >= 15 is 0 Å². The average molecular weight is 458 g/mol. The lowest BCUT2D eigenvalue weighted by atomic mass is 10.2. The number of fused-ring (bicyclic) bond motifs is 1. The summed E-state index contributed by atoms with van der Waals surface area (Å²) in [6.07, 6.45) is 4.18. The number of hydrogen-bond donors (Lipinski definition) is 0. The molecule has 0 bridgehead atoms. The summed E-state index contributed by atoms with van der Waals surface area (Å²) in [6, 6.07) is 3.97. The molecule has 154 valence electrons. The van der Waals surface area contributed by atoms with Gasteiger partial charge in [-0.3, -0.25) is 14.2 Å². The number of nitrogens with zero attached hydrogens (tertiary/aromatic N) is 5. The topological polar surface area (TPSA) is 71.3 Å². The smallest absolute Gasteiger partial charge is 0.263 e. The van der Waals surface area contributed by atoms with Crippen LogP contribution in [-0.2, 0) is 11.3 Å². The molecule has 0 aromatic carbocycles. The number of thiophene rings is 2. The van der Waals surface area contributed by atoms with Crippen molar-refractivity contribution < 1.29 is 4.79 Å². The normalized spacial score (nSPS) is 14.9. The molecule has 30 heavy (non-hydrogen) atoms. The highest BCUT2D eigenvalue weighted by atomic mass is 32.1. The van der Waals surface area contributed by atoms with E-state index in [0.717, 1.165) is 35.1 Å². The Hall–Kier alpha value is -2.56. The molecule has 4 aromatic heterocycles. The highest BCUT2D eigenvalue weighted by Crippen LogP contribution is 2.33. The third-order valence-electron chi connectivity index (χ3n) is 5.19. The predicted octanol–water partition coefficient (Wildman–Crippen LogP) is 3.38. The number of hydrogen-bond acceptors (Lipinski definition) is 8. The van der Waals surface area contributed by atoms with E-state index in [9.17, 15) is 9.59 Å². The second-order valence-corrected chi connectivity index (χ2v) is 9.70. The fraction of sp³-hybridized carbons (Fsp3) is 0.300. The van der Waals surface area contributed by atoms with Gasteiger partial charge in [0.1, 0.15) is 11.4 Å². The summed E-state index contributed by atoms with van der Waals surface area (Å²) in [6.45, 7) is 2.95. The first-order valence-electron chi connectivity index (χ1n) is 9.63. The maximum absolute atomic E-state index is 13.1. The number of carbonyl (C=O) groups excluding carboxylic acids is 1. The molecule has 0 aliphatic carbocycles. The van der Waals surface area contributed by atoms with Crippen LogP contribution in [-0.4, -0.2) is 51.5 Å². The van der Waals surface area contributed by atoms with Crippen molar-refractivity contribution in [3.05, 3.63) is 51.2 Å². The molecule has 1 saturated heterocycles. The molecule has 0 unspecified atom stereocenters. The van der Waals surface area contributed by atoms with Crippen molar-refractivity contribution in [3.63, 3.8) is 0 Å². The van der Waals surface area contributed by atoms with E-state index in [1.807, 2.05) is 33.2 Å². The molecule has 0 spiro atoms. The SMILES string of the molecule is O=C(Cn1cnc2scc(-c3cccs3)c2c1=O)N1CCCN(c2nccs2)CC1. The van der Waals surface area contributed by atoms with Crippen molar-refractivity contribution in [3.8, 4) is 10.4 Å². The fourth-order valence-corrected chi connectivity index (χ4v) is 6.09. The molecule has 4 aromatic rings. The summed E-state index contributed by atoms with van der Waals surface area (Å²) < 4.78 is 1.44. The minimum Gasteiger partial charge on any atom is -0.346 e. The molecule has 1 amide bonds. The molecule has 1 fully saturated rings. The average Bonchev–Trinajstić information content (AvgIpc) is 3.49. The van der Waals surface area contributed by atoms with Crippen LogP contribution in [0.1, 0.15) is 6.42 Å². The van der Waals surface area contributed by atoms with Crippen LogP contribution in [0.2, 0.25) is 0 Å². The number of anilines is 1. The van der Waals surface area contributed by atoms with Crippen molar-refractivity contribution in [1.29, 1.82) is 0 Å². The van der Waals surface area contributed by atoms with E-state index in [-0.39, 0.29) is 18.0 Å². The van der Waals surface area contributed by atoms with E-state index in [4.69, 9.17) is 0 Å². The minimum atomic E-state index is -0.155. The zero-order valence-electron chi connectivity index (χ0n) is 16.1. The second-order valence-electron chi connectivity index (χ2n) is 7.02. The van der Waals surface area contributed by atoms with Crippen molar-refractivity contribution >= 4 is 55.3 Å². The Balaban J connectivity index is 1.35. The highest BCUT2D eigenvalue weighted by Gasteiger charge is 2.22. The first-order chi connectivity index (χ1) is 14.7. The molecule has 0 N–H and O–H groups in total. The standard InChI is InChI=1S/C20H19N5O2S3/c26-16(23-5-2-6-24(8-7-23)20-21-4-10-29-20)11-25-13-22-18-17(19(25)27)14(12-30-18)15-3-1-9-28-15/h1,3-4,9-10,12-13H,2,5-8,11H2. The van der Waals surface area contributed by atoms with Gasteiger partial charge < -0.3 is 9.80 Å². The van der Waals surface area contributed by atoms with Gasteiger partial charge in [-0.05, 0) is 17.9 Å². The van der Waals surface area contributed by atoms with Crippen LogP contribution in [0.4, 0.5) is 5.13 Å². The van der Waals surface area contributed by atoms with Gasteiger partial charge >= 0.3 is 0 Å². The maximum Gasteiger partial charge on any atom is 0.263 e. The summed E-state index contributed by atoms with van der Waals surface area (Å²) >= 11 is 4.67. The molecule has 5 heterocycles. The number of aromatic nitrogens is 3. The summed E-state index contributed by atoms with van der Waals surface area (Å²) in [4.78, 5) is 40.7. The van der Waals surface area contributed by atoms with Crippen LogP contribution >= 0.6 is 34.0 Å². The van der Waals surface area contributed by atoms with Crippen LogP contribution < -0.4 is 10.5 Å². The number of thiazole rings is 1. The Labute approximate surface area is 184 Å². The van der Waals surface area contributed by atoms with Crippen LogP contribution in [0.5, 0.6) is 0 Å². The molecule has 1 aliphatic heterocycles. The molecule has 0 saturated carbocycles. The number of rotatable bonds is 4. The Morgan fingerprint density at radius 2 is 2.00 bits per heavy atom. The van der Waals surface area contributed by atoms with Gasteiger partial charge in [0.05, 0.1) is 11.7 Å². The molecular weight excluding hydrogens is 438 g/mol. The lowest BCUT2D eigenvalue weighted by Crippen LogP contribution is -2.39. The van der Waals surface area contributed by atoms with Gasteiger partial charge in [-0.1, -0.05) is 6.07 Å². The minimum absolute atomic E-state index is 0.0127. The number of amides is 1. The first kappa shape index (κ1) is 19.4. The van der Waals surface area contributed by atoms with Gasteiger partial charge in [0.25, 0.3) is 5.56 Å². The predicted molar refractivity (Wildman–Crippen MR) is 123 cm³/mol. The Kier molecular flexibility index (Phi) is 5.36. The first-order valence-corrected chi connectivity index (χ1v) is 12.3. The molecule has 7 nitrogen and oxygen atoms in total. The van der Waals surface area contributed by atoms with Crippen LogP contribution in [0.25, 0.3) is 20.7 Å². The monoisotopic (exact) mass is 457 g/mol. The molecule has 1 aliphatic rings. The van der Waals surface area contributed by atoms with Gasteiger partial charge in [-0.15, -0.1) is 34.0 Å². The van der Waals surface area contributed by atoms with Gasteiger partial charge in [0.2, 0.25) is 5.91 Å². The van der Waals surface area contributed by atoms with Gasteiger partial charge in [-0.25, -0.2) is 9.97 Å². The van der Waals surface area contributed by atoms with Crippen molar-refractivity contribution in [2.75, 3.05) is 31.1 Å². The molecule has 5 rings (SSSR count). The van der Waals surface area contributed by atoms with E-state index in [2.05, 4.69) is 14.9 Å². The lowest BCUT2D eigenvalue weighted by molar-refractivity contribution is -0.131. The van der Waals surface area contributed by atoms with Crippen molar-refractivity contribution in [1.82, 2.24) is 19.4 Å². The Morgan fingerprint density at radius 3 is 2.80 bits per heavy atom. The fourth-order valence-electron chi connectivity index (χ4n) is 3.67. The van der Waals surface area contributed by atoms with Crippen molar-refractivity contribution in [2.24, 2.45) is 0 Å². The molecule has 0 atom stereocenters. The van der Waals surface area contributed by atoms with E-state index in [1.54, 1.807) is 28.9 Å². The maximum atomic E-state index is 13.1. The quantitative estimate of drug-likeness (QED) is 0.470. The molecular formula is C20H19N5O2S3. The van der Waals surface area contributed by atoms with E-state index < -0.39 is 0 Å². The van der Waals surface area contributed by atoms with Crippen molar-refractivity contribution in [2.45, 2.75) is 13.0 Å². The highest BCUT2D eigenvalue weighted by molar-refractivity contribution is 7.18. The Morgan fingerprint density at radius 1 is 1.07 bits per heavy atom. The summed E-state index contributed by atoms with van der Waals surface area (Å²) in [5, 5.41) is 7.52. The summed E-state index contributed by atoms with van der Waals surface area (Å²) in [5.74, 6) is -0.0489. The third-order valence-corrected chi connectivity index (χ3v) is 7.81. The zero-order chi connectivity index (χ0) is 20.5. The van der Waals surface area contributed by atoms with E-state index in [1.165, 1.54) is 22.2 Å². The molecule has 10 heteroatoms. The largest absolute Gasteiger partial charge is 0.346 e. The van der Waals surface area contributed by atoms with Gasteiger partial charge in [-0.2, -0.15) is 0 Å².